The molecule has 9 heteroatoms. The van der Waals surface area contributed by atoms with Gasteiger partial charge in [0.25, 0.3) is 11.6 Å². The number of esters is 1. The number of hydrogen-bond acceptors (Lipinski definition) is 7. The van der Waals surface area contributed by atoms with Gasteiger partial charge < -0.3 is 10.1 Å². The number of nitro groups is 1. The number of hydrogen-bond donors (Lipinski definition) is 1. The van der Waals surface area contributed by atoms with E-state index in [1.165, 1.54) is 35.6 Å². The van der Waals surface area contributed by atoms with E-state index in [0.717, 1.165) is 0 Å². The monoisotopic (exact) mass is 424 g/mol. The molecule has 1 N–H and O–H groups in total. The third kappa shape index (κ3) is 4.58. The molecule has 2 aromatic carbocycles. The summed E-state index contributed by atoms with van der Waals surface area (Å²) in [6, 6.07) is 13.9. The number of nitro benzene ring substituents is 1. The predicted molar refractivity (Wildman–Crippen MR) is 111 cm³/mol. The van der Waals surface area contributed by atoms with Gasteiger partial charge in [-0.3, -0.25) is 19.7 Å². The van der Waals surface area contributed by atoms with Gasteiger partial charge in [-0.05, 0) is 30.0 Å². The average molecular weight is 424 g/mol. The minimum Gasteiger partial charge on any atom is -0.452 e. The largest absolute Gasteiger partial charge is 0.452 e. The third-order valence-corrected chi connectivity index (χ3v) is 5.05. The first kappa shape index (κ1) is 20.9. The molecule has 152 valence electrons. The molecule has 0 bridgehead atoms. The van der Waals surface area contributed by atoms with Gasteiger partial charge in [-0.15, -0.1) is 11.3 Å². The summed E-state index contributed by atoms with van der Waals surface area (Å²) in [5.74, 6) is -1.90. The number of nitrogens with zero attached hydrogens (tertiary/aromatic N) is 1. The van der Waals surface area contributed by atoms with E-state index in [1.807, 2.05) is 0 Å². The first-order valence-corrected chi connectivity index (χ1v) is 9.64. The lowest BCUT2D eigenvalue weighted by Crippen LogP contribution is -2.22. The number of rotatable bonds is 7. The maximum Gasteiger partial charge on any atom is 0.339 e. The van der Waals surface area contributed by atoms with Gasteiger partial charge in [-0.25, -0.2) is 4.79 Å². The van der Waals surface area contributed by atoms with Gasteiger partial charge in [0.05, 0.1) is 15.4 Å². The summed E-state index contributed by atoms with van der Waals surface area (Å²) in [6.07, 6.45) is 0. The van der Waals surface area contributed by atoms with Gasteiger partial charge in [-0.2, -0.15) is 0 Å². The van der Waals surface area contributed by atoms with Crippen molar-refractivity contribution in [1.29, 1.82) is 0 Å². The molecular formula is C21H16N2O6S. The number of aryl methyl sites for hydroxylation is 1. The number of ether oxygens (including phenoxy) is 1. The highest BCUT2D eigenvalue weighted by molar-refractivity contribution is 7.12. The zero-order chi connectivity index (χ0) is 21.7. The van der Waals surface area contributed by atoms with E-state index < -0.39 is 23.4 Å². The number of carbonyl (C=O) groups is 3. The Hall–Kier alpha value is -3.85. The van der Waals surface area contributed by atoms with Crippen molar-refractivity contribution < 1.29 is 24.0 Å². The Labute approximate surface area is 175 Å². The van der Waals surface area contributed by atoms with Crippen molar-refractivity contribution in [2.24, 2.45) is 0 Å². The Bertz CT molecular complexity index is 1120. The molecule has 0 saturated carbocycles. The van der Waals surface area contributed by atoms with E-state index in [9.17, 15) is 24.5 Å². The van der Waals surface area contributed by atoms with Crippen LogP contribution in [0.3, 0.4) is 0 Å². The van der Waals surface area contributed by atoms with Crippen LogP contribution in [0.15, 0.2) is 60.0 Å². The summed E-state index contributed by atoms with van der Waals surface area (Å²) in [4.78, 5) is 48.3. The fraction of sp³-hybridized carbons (Fsp3) is 0.0952. The number of amides is 1. The number of benzene rings is 2. The van der Waals surface area contributed by atoms with E-state index in [1.54, 1.807) is 42.6 Å². The molecule has 1 aromatic heterocycles. The second-order valence-corrected chi connectivity index (χ2v) is 7.15. The van der Waals surface area contributed by atoms with Crippen molar-refractivity contribution in [3.63, 3.8) is 0 Å². The molecule has 0 unspecified atom stereocenters. The van der Waals surface area contributed by atoms with Crippen LogP contribution in [0.25, 0.3) is 0 Å². The quantitative estimate of drug-likeness (QED) is 0.265. The minimum atomic E-state index is -0.843. The van der Waals surface area contributed by atoms with Gasteiger partial charge in [0.1, 0.15) is 5.69 Å². The Balaban J connectivity index is 1.71. The van der Waals surface area contributed by atoms with Crippen LogP contribution in [-0.2, 0) is 9.53 Å². The van der Waals surface area contributed by atoms with Crippen LogP contribution in [0.4, 0.5) is 11.4 Å². The highest BCUT2D eigenvalue weighted by Crippen LogP contribution is 2.27. The smallest absolute Gasteiger partial charge is 0.339 e. The molecule has 0 aliphatic carbocycles. The maximum atomic E-state index is 12.6. The Morgan fingerprint density at radius 2 is 1.77 bits per heavy atom. The Kier molecular flexibility index (Phi) is 6.33. The van der Waals surface area contributed by atoms with Gasteiger partial charge in [0.2, 0.25) is 5.78 Å². The molecule has 0 fully saturated rings. The predicted octanol–water partition coefficient (Wildman–Crippen LogP) is 3.99. The maximum absolute atomic E-state index is 12.6. The molecule has 0 aliphatic heterocycles. The molecule has 0 aliphatic rings. The van der Waals surface area contributed by atoms with Crippen molar-refractivity contribution in [3.8, 4) is 0 Å². The van der Waals surface area contributed by atoms with Crippen LogP contribution >= 0.6 is 11.3 Å². The topological polar surface area (TPSA) is 116 Å². The van der Waals surface area contributed by atoms with Crippen molar-refractivity contribution in [1.82, 2.24) is 0 Å². The molecule has 0 radical (unpaired) electrons. The molecule has 1 heterocycles. The lowest BCUT2D eigenvalue weighted by Gasteiger charge is -2.10. The summed E-state index contributed by atoms with van der Waals surface area (Å²) in [5.41, 5.74) is 0.472. The first-order valence-electron chi connectivity index (χ1n) is 8.76. The molecule has 1 amide bonds. The van der Waals surface area contributed by atoms with Crippen molar-refractivity contribution in [3.05, 3.63) is 91.7 Å². The number of thiophene rings is 1. The van der Waals surface area contributed by atoms with Crippen molar-refractivity contribution in [2.75, 3.05) is 11.9 Å². The summed E-state index contributed by atoms with van der Waals surface area (Å²) in [7, 11) is 0. The first-order chi connectivity index (χ1) is 14.4. The van der Waals surface area contributed by atoms with E-state index in [0.29, 0.717) is 10.4 Å². The highest BCUT2D eigenvalue weighted by atomic mass is 32.1. The normalized spacial score (nSPS) is 10.3. The van der Waals surface area contributed by atoms with E-state index in [4.69, 9.17) is 4.74 Å². The SMILES string of the molecule is Cc1cccc([N+](=O)[O-])c1NC(=O)COC(=O)c1ccccc1C(=O)c1cccs1. The molecule has 3 rings (SSSR count). The minimum absolute atomic E-state index is 0.0329. The Morgan fingerprint density at radius 3 is 2.43 bits per heavy atom. The van der Waals surface area contributed by atoms with Crippen LogP contribution in [0.5, 0.6) is 0 Å². The van der Waals surface area contributed by atoms with Gasteiger partial charge >= 0.3 is 5.97 Å². The lowest BCUT2D eigenvalue weighted by atomic mass is 10.0. The number of ketones is 1. The molecule has 8 nitrogen and oxygen atoms in total. The number of nitrogens with one attached hydrogen (secondary N) is 1. The van der Waals surface area contributed by atoms with Gasteiger partial charge in [0, 0.05) is 11.6 Å². The summed E-state index contributed by atoms with van der Waals surface area (Å²) in [5, 5.41) is 15.3. The number of anilines is 1. The molecule has 0 atom stereocenters. The van der Waals surface area contributed by atoms with Crippen LogP contribution < -0.4 is 5.32 Å². The summed E-state index contributed by atoms with van der Waals surface area (Å²) in [6.45, 7) is 0.951. The number of carbonyl (C=O) groups excluding carboxylic acids is 3. The van der Waals surface area contributed by atoms with Gasteiger partial charge in [0.15, 0.2) is 6.61 Å². The molecule has 0 saturated heterocycles. The molecule has 3 aromatic rings. The van der Waals surface area contributed by atoms with Gasteiger partial charge in [-0.1, -0.05) is 36.4 Å². The van der Waals surface area contributed by atoms with Crippen LogP contribution in [0.2, 0.25) is 0 Å². The van der Waals surface area contributed by atoms with Crippen LogP contribution in [-0.4, -0.2) is 29.2 Å². The standard InChI is InChI=1S/C21H16N2O6S/c1-13-6-4-9-16(23(27)28)19(13)22-18(24)12-29-21(26)15-8-3-2-7-14(15)20(25)17-10-5-11-30-17/h2-11H,12H2,1H3,(H,22,24). The zero-order valence-electron chi connectivity index (χ0n) is 15.8. The number of para-hydroxylation sites is 1. The van der Waals surface area contributed by atoms with E-state index >= 15 is 0 Å². The fourth-order valence-corrected chi connectivity index (χ4v) is 3.43. The van der Waals surface area contributed by atoms with Crippen LogP contribution in [0.1, 0.15) is 31.2 Å². The highest BCUT2D eigenvalue weighted by Gasteiger charge is 2.22. The molecule has 30 heavy (non-hydrogen) atoms. The summed E-state index contributed by atoms with van der Waals surface area (Å²) >= 11 is 1.25. The van der Waals surface area contributed by atoms with Crippen LogP contribution in [0, 0.1) is 17.0 Å². The fourth-order valence-electron chi connectivity index (χ4n) is 2.75. The molecular weight excluding hydrogens is 408 g/mol. The zero-order valence-corrected chi connectivity index (χ0v) is 16.6. The van der Waals surface area contributed by atoms with Crippen molar-refractivity contribution >= 4 is 40.4 Å². The lowest BCUT2D eigenvalue weighted by molar-refractivity contribution is -0.384. The molecule has 0 spiro atoms. The average Bonchev–Trinajstić information content (AvgIpc) is 3.27. The van der Waals surface area contributed by atoms with E-state index in [2.05, 4.69) is 5.32 Å². The summed E-state index contributed by atoms with van der Waals surface area (Å²) < 4.78 is 5.04. The second kappa shape index (κ2) is 9.10. The Morgan fingerprint density at radius 1 is 1.03 bits per heavy atom. The van der Waals surface area contributed by atoms with E-state index in [-0.39, 0.29) is 28.3 Å². The van der Waals surface area contributed by atoms with Crippen molar-refractivity contribution in [2.45, 2.75) is 6.92 Å². The third-order valence-electron chi connectivity index (χ3n) is 4.18. The second-order valence-electron chi connectivity index (χ2n) is 6.20.